The zero-order valence-corrected chi connectivity index (χ0v) is 14.5. The Balaban J connectivity index is 2.07. The van der Waals surface area contributed by atoms with Crippen molar-refractivity contribution < 1.29 is 9.21 Å². The first kappa shape index (κ1) is 17.0. The van der Waals surface area contributed by atoms with Crippen LogP contribution in [0.4, 0.5) is 5.69 Å². The first-order chi connectivity index (χ1) is 12.1. The largest absolute Gasteiger partial charge is 0.460 e. The summed E-state index contributed by atoms with van der Waals surface area (Å²) < 4.78 is 5.90. The highest BCUT2D eigenvalue weighted by Crippen LogP contribution is 2.19. The van der Waals surface area contributed by atoms with Gasteiger partial charge < -0.3 is 9.73 Å². The summed E-state index contributed by atoms with van der Waals surface area (Å²) in [6.07, 6.45) is 2.37. The van der Waals surface area contributed by atoms with E-state index >= 15 is 0 Å². The van der Waals surface area contributed by atoms with Crippen LogP contribution < -0.4 is 10.7 Å². The molecular formula is C21H21NO3. The zero-order chi connectivity index (χ0) is 17.8. The number of para-hydroxylation sites is 1. The number of nitrogens with one attached hydrogen (secondary N) is 1. The molecule has 3 rings (SSSR count). The van der Waals surface area contributed by atoms with Crippen molar-refractivity contribution in [2.45, 2.75) is 33.1 Å². The third kappa shape index (κ3) is 3.63. The second kappa shape index (κ2) is 7.34. The van der Waals surface area contributed by atoms with E-state index in [2.05, 4.69) is 12.2 Å². The number of hydrogen-bond donors (Lipinski definition) is 1. The molecule has 0 fully saturated rings. The lowest BCUT2D eigenvalue weighted by Gasteiger charge is -2.11. The van der Waals surface area contributed by atoms with Gasteiger partial charge in [-0.2, -0.15) is 0 Å². The molecule has 0 aliphatic heterocycles. The van der Waals surface area contributed by atoms with Crippen molar-refractivity contribution in [2.24, 2.45) is 0 Å². The second-order valence-corrected chi connectivity index (χ2v) is 6.15. The van der Waals surface area contributed by atoms with Gasteiger partial charge in [0.25, 0.3) is 5.91 Å². The average Bonchev–Trinajstić information content (AvgIpc) is 2.60. The first-order valence-electron chi connectivity index (χ1n) is 8.53. The van der Waals surface area contributed by atoms with Gasteiger partial charge in [-0.15, -0.1) is 0 Å². The molecule has 0 unspecified atom stereocenters. The van der Waals surface area contributed by atoms with Crippen molar-refractivity contribution in [1.82, 2.24) is 0 Å². The molecule has 0 saturated heterocycles. The van der Waals surface area contributed by atoms with Gasteiger partial charge in [-0.1, -0.05) is 37.6 Å². The number of rotatable bonds is 5. The highest BCUT2D eigenvalue weighted by atomic mass is 16.3. The minimum absolute atomic E-state index is 0.105. The summed E-state index contributed by atoms with van der Waals surface area (Å²) in [5, 5.41) is 3.25. The fraction of sp³-hybridized carbons (Fsp3) is 0.238. The van der Waals surface area contributed by atoms with Gasteiger partial charge in [0.2, 0.25) is 5.43 Å². The lowest BCUT2D eigenvalue weighted by Crippen LogP contribution is -2.24. The fourth-order valence-corrected chi connectivity index (χ4v) is 2.85. The van der Waals surface area contributed by atoms with Crippen LogP contribution >= 0.6 is 0 Å². The molecule has 0 saturated carbocycles. The van der Waals surface area contributed by atoms with E-state index in [0.717, 1.165) is 18.4 Å². The number of benzene rings is 2. The molecule has 1 heterocycles. The van der Waals surface area contributed by atoms with E-state index in [0.29, 0.717) is 28.8 Å². The van der Waals surface area contributed by atoms with Crippen molar-refractivity contribution >= 4 is 22.6 Å². The molecule has 4 nitrogen and oxygen atoms in total. The fourth-order valence-electron chi connectivity index (χ4n) is 2.85. The van der Waals surface area contributed by atoms with Gasteiger partial charge in [0.15, 0.2) is 0 Å². The number of unbranched alkanes of at least 4 members (excludes halogenated alkanes) is 1. The van der Waals surface area contributed by atoms with Crippen molar-refractivity contribution in [1.29, 1.82) is 0 Å². The molecule has 0 spiro atoms. The second-order valence-electron chi connectivity index (χ2n) is 6.15. The van der Waals surface area contributed by atoms with Gasteiger partial charge in [-0.3, -0.25) is 9.59 Å². The van der Waals surface area contributed by atoms with Crippen LogP contribution in [0.15, 0.2) is 57.7 Å². The summed E-state index contributed by atoms with van der Waals surface area (Å²) in [7, 11) is 0. The Labute approximate surface area is 146 Å². The lowest BCUT2D eigenvalue weighted by atomic mass is 10.1. The van der Waals surface area contributed by atoms with Crippen LogP contribution in [0.1, 0.15) is 41.4 Å². The molecule has 25 heavy (non-hydrogen) atoms. The van der Waals surface area contributed by atoms with Crippen LogP contribution in [-0.2, 0) is 6.42 Å². The molecule has 0 bridgehead atoms. The highest BCUT2D eigenvalue weighted by Gasteiger charge is 2.20. The summed E-state index contributed by atoms with van der Waals surface area (Å²) in [5.74, 6) is 0.0342. The highest BCUT2D eigenvalue weighted by molar-refractivity contribution is 6.06. The molecule has 2 aromatic carbocycles. The smallest absolute Gasteiger partial charge is 0.263 e. The monoisotopic (exact) mass is 335 g/mol. The van der Waals surface area contributed by atoms with Gasteiger partial charge in [-0.05, 0) is 43.2 Å². The molecule has 0 aliphatic carbocycles. The minimum Gasteiger partial charge on any atom is -0.460 e. The molecule has 3 aromatic rings. The van der Waals surface area contributed by atoms with Crippen LogP contribution in [0.3, 0.4) is 0 Å². The summed E-state index contributed by atoms with van der Waals surface area (Å²) in [5.41, 5.74) is 2.05. The van der Waals surface area contributed by atoms with E-state index < -0.39 is 5.91 Å². The molecule has 1 aromatic heterocycles. The Bertz CT molecular complexity index is 972. The standard InChI is InChI=1S/C21H21NO3/c1-3-4-11-18-19(20(23)16-10-5-6-12-17(16)25-18)21(24)22-15-9-7-8-14(2)13-15/h5-10,12-13H,3-4,11H2,1-2H3,(H,22,24). The quantitative estimate of drug-likeness (QED) is 0.735. The SMILES string of the molecule is CCCCc1oc2ccccc2c(=O)c1C(=O)Nc1cccc(C)c1. The van der Waals surface area contributed by atoms with Crippen LogP contribution in [0.25, 0.3) is 11.0 Å². The molecule has 0 radical (unpaired) electrons. The van der Waals surface area contributed by atoms with Crippen molar-refractivity contribution in [3.63, 3.8) is 0 Å². The molecular weight excluding hydrogens is 314 g/mol. The Hall–Kier alpha value is -2.88. The molecule has 1 amide bonds. The molecule has 4 heteroatoms. The van der Waals surface area contributed by atoms with Gasteiger partial charge >= 0.3 is 0 Å². The van der Waals surface area contributed by atoms with Gasteiger partial charge in [0.05, 0.1) is 5.39 Å². The first-order valence-corrected chi connectivity index (χ1v) is 8.53. The predicted molar refractivity (Wildman–Crippen MR) is 100 cm³/mol. The maximum atomic E-state index is 12.9. The van der Waals surface area contributed by atoms with E-state index in [-0.39, 0.29) is 11.0 Å². The van der Waals surface area contributed by atoms with Gasteiger partial charge in [0.1, 0.15) is 16.9 Å². The number of hydrogen-bond acceptors (Lipinski definition) is 3. The van der Waals surface area contributed by atoms with Crippen LogP contribution in [0.5, 0.6) is 0 Å². The third-order valence-corrected chi connectivity index (χ3v) is 4.13. The molecule has 1 N–H and O–H groups in total. The maximum Gasteiger partial charge on any atom is 0.263 e. The number of amides is 1. The van der Waals surface area contributed by atoms with Gasteiger partial charge in [0, 0.05) is 12.1 Å². The lowest BCUT2D eigenvalue weighted by molar-refractivity contribution is 0.102. The van der Waals surface area contributed by atoms with Crippen LogP contribution in [0.2, 0.25) is 0 Å². The van der Waals surface area contributed by atoms with E-state index in [1.165, 1.54) is 0 Å². The third-order valence-electron chi connectivity index (χ3n) is 4.13. The number of anilines is 1. The Morgan fingerprint density at radius 1 is 1.12 bits per heavy atom. The van der Waals surface area contributed by atoms with Crippen LogP contribution in [-0.4, -0.2) is 5.91 Å². The minimum atomic E-state index is -0.420. The number of aryl methyl sites for hydroxylation is 2. The number of carbonyl (C=O) groups is 1. The number of carbonyl (C=O) groups excluding carboxylic acids is 1. The average molecular weight is 335 g/mol. The molecule has 0 atom stereocenters. The normalized spacial score (nSPS) is 10.8. The van der Waals surface area contributed by atoms with Gasteiger partial charge in [-0.25, -0.2) is 0 Å². The van der Waals surface area contributed by atoms with E-state index in [9.17, 15) is 9.59 Å². The van der Waals surface area contributed by atoms with E-state index in [4.69, 9.17) is 4.42 Å². The maximum absolute atomic E-state index is 12.9. The summed E-state index contributed by atoms with van der Waals surface area (Å²) in [4.78, 5) is 25.7. The topological polar surface area (TPSA) is 59.3 Å². The molecule has 128 valence electrons. The zero-order valence-electron chi connectivity index (χ0n) is 14.5. The number of fused-ring (bicyclic) bond motifs is 1. The summed E-state index contributed by atoms with van der Waals surface area (Å²) in [6.45, 7) is 4.01. The van der Waals surface area contributed by atoms with E-state index in [1.807, 2.05) is 31.2 Å². The Morgan fingerprint density at radius 3 is 2.68 bits per heavy atom. The summed E-state index contributed by atoms with van der Waals surface area (Å²) in [6, 6.07) is 14.5. The van der Waals surface area contributed by atoms with E-state index in [1.54, 1.807) is 24.3 Å². The van der Waals surface area contributed by atoms with Crippen molar-refractivity contribution in [3.05, 3.63) is 75.6 Å². The Morgan fingerprint density at radius 2 is 1.92 bits per heavy atom. The van der Waals surface area contributed by atoms with Crippen molar-refractivity contribution in [3.8, 4) is 0 Å². The van der Waals surface area contributed by atoms with Crippen molar-refractivity contribution in [2.75, 3.05) is 5.32 Å². The summed E-state index contributed by atoms with van der Waals surface area (Å²) >= 11 is 0. The Kier molecular flexibility index (Phi) is 4.98. The molecule has 0 aliphatic rings. The predicted octanol–water partition coefficient (Wildman–Crippen LogP) is 4.70. The van der Waals surface area contributed by atoms with Crippen LogP contribution in [0, 0.1) is 6.92 Å².